The number of carboxylic acids is 1. The minimum absolute atomic E-state index is 0.0131. The van der Waals surface area contributed by atoms with Gasteiger partial charge in [-0.1, -0.05) is 61.8 Å². The van der Waals surface area contributed by atoms with Gasteiger partial charge >= 0.3 is 5.97 Å². The van der Waals surface area contributed by atoms with E-state index < -0.39 is 145 Å². The monoisotopic (exact) mass is 954 g/mol. The Bertz CT molecular complexity index is 1780. The molecule has 24 nitrogen and oxygen atoms in total. The van der Waals surface area contributed by atoms with Gasteiger partial charge in [0, 0.05) is 6.54 Å². The molecule has 0 saturated carbocycles. The molecule has 15 N–H and O–H groups in total. The summed E-state index contributed by atoms with van der Waals surface area (Å²) >= 11 is 0. The van der Waals surface area contributed by atoms with Crippen molar-refractivity contribution in [3.63, 3.8) is 0 Å². The molecule has 67 heavy (non-hydrogen) atoms. The number of likely N-dealkylation sites (tertiary alicyclic amines) is 1. The lowest BCUT2D eigenvalue weighted by molar-refractivity contribution is -0.145. The second-order valence-corrected chi connectivity index (χ2v) is 18.5. The molecule has 0 aromatic carbocycles. The number of amides is 10. The average Bonchev–Trinajstić information content (AvgIpc) is 3.72. The Hall–Kier alpha value is -5.91. The second kappa shape index (κ2) is 28.3. The molecule has 0 bridgehead atoms. The van der Waals surface area contributed by atoms with Crippen molar-refractivity contribution in [1.29, 1.82) is 0 Å². The predicted molar refractivity (Wildman–Crippen MR) is 242 cm³/mol. The van der Waals surface area contributed by atoms with Crippen LogP contribution in [0.15, 0.2) is 0 Å². The van der Waals surface area contributed by atoms with Gasteiger partial charge in [-0.25, -0.2) is 4.79 Å². The number of carboxylic acid groups (broad SMARTS) is 1. The summed E-state index contributed by atoms with van der Waals surface area (Å²) in [7, 11) is 0. The molecule has 10 amide bonds. The van der Waals surface area contributed by atoms with Gasteiger partial charge in [-0.3, -0.25) is 47.9 Å². The van der Waals surface area contributed by atoms with Crippen LogP contribution in [0.2, 0.25) is 0 Å². The molecule has 24 heteroatoms. The fourth-order valence-electron chi connectivity index (χ4n) is 7.25. The number of hydrogen-bond donors (Lipinski definition) is 12. The van der Waals surface area contributed by atoms with E-state index in [9.17, 15) is 63.0 Å². The molecule has 10 atom stereocenters. The van der Waals surface area contributed by atoms with Crippen molar-refractivity contribution in [3.05, 3.63) is 0 Å². The number of nitrogens with zero attached hydrogens (tertiary/aromatic N) is 1. The van der Waals surface area contributed by atoms with Crippen molar-refractivity contribution in [1.82, 2.24) is 42.1 Å². The van der Waals surface area contributed by atoms with E-state index in [2.05, 4.69) is 37.2 Å². The van der Waals surface area contributed by atoms with Gasteiger partial charge in [0.1, 0.15) is 48.3 Å². The smallest absolute Gasteiger partial charge is 0.326 e. The number of rotatable bonds is 29. The zero-order valence-corrected chi connectivity index (χ0v) is 40.1. The van der Waals surface area contributed by atoms with Crippen LogP contribution in [0.1, 0.15) is 114 Å². The highest BCUT2D eigenvalue weighted by Gasteiger charge is 2.39. The Morgan fingerprint density at radius 1 is 0.582 bits per heavy atom. The normalized spacial score (nSPS) is 17.6. The Kier molecular flexibility index (Phi) is 25.0. The topological polar surface area (TPSA) is 394 Å². The Labute approximate surface area is 391 Å². The molecule has 0 aromatic heterocycles. The summed E-state index contributed by atoms with van der Waals surface area (Å²) in [5.74, 6) is -10.8. The van der Waals surface area contributed by atoms with E-state index in [1.54, 1.807) is 55.4 Å². The number of carbonyl (C=O) groups is 11. The molecule has 1 heterocycles. The van der Waals surface area contributed by atoms with Crippen molar-refractivity contribution in [3.8, 4) is 0 Å². The SMILES string of the molecule is CC[C@H](C)[C@H](NC(=O)[C@@H](N)CC(N)=O)C(=O)N[C@@H](CC(C)C)C(=O)N[C@@H](CC(C)C)C(=O)N[C@@H](CO)C(=O)N[C@@H](CC(N)=O)C(=O)N[C@@H](C)C(=O)N1CCC[C@H]1C(=O)N[C@@H](CC(C)C)C(=O)O. The van der Waals surface area contributed by atoms with Gasteiger partial charge in [-0.15, -0.1) is 0 Å². The quantitative estimate of drug-likeness (QED) is 0.0350. The van der Waals surface area contributed by atoms with Gasteiger partial charge in [0.2, 0.25) is 59.1 Å². The summed E-state index contributed by atoms with van der Waals surface area (Å²) in [6.07, 6.45) is 0.0773. The van der Waals surface area contributed by atoms with Crippen LogP contribution in [0, 0.1) is 23.7 Å². The van der Waals surface area contributed by atoms with E-state index in [0.717, 1.165) is 0 Å². The molecule has 380 valence electrons. The molecule has 0 aliphatic carbocycles. The Morgan fingerprint density at radius 2 is 1.03 bits per heavy atom. The lowest BCUT2D eigenvalue weighted by Gasteiger charge is -2.30. The van der Waals surface area contributed by atoms with E-state index in [-0.39, 0.29) is 50.0 Å². The average molecular weight is 954 g/mol. The first-order valence-electron chi connectivity index (χ1n) is 22.7. The van der Waals surface area contributed by atoms with E-state index in [4.69, 9.17) is 17.2 Å². The molecule has 0 radical (unpaired) electrons. The highest BCUT2D eigenvalue weighted by Crippen LogP contribution is 2.20. The second-order valence-electron chi connectivity index (χ2n) is 18.5. The number of aliphatic hydroxyl groups is 1. The highest BCUT2D eigenvalue weighted by molar-refractivity contribution is 5.99. The number of aliphatic hydroxyl groups excluding tert-OH is 1. The van der Waals surface area contributed by atoms with E-state index in [0.29, 0.717) is 12.8 Å². The van der Waals surface area contributed by atoms with Crippen molar-refractivity contribution < 1.29 is 63.0 Å². The summed E-state index contributed by atoms with van der Waals surface area (Å²) in [6.45, 7) is 14.5. The third-order valence-corrected chi connectivity index (χ3v) is 11.0. The summed E-state index contributed by atoms with van der Waals surface area (Å²) in [5.41, 5.74) is 16.3. The number of hydrogen-bond acceptors (Lipinski definition) is 13. The highest BCUT2D eigenvalue weighted by atomic mass is 16.4. The molecular weight excluding hydrogens is 879 g/mol. The molecule has 1 aliphatic heterocycles. The summed E-state index contributed by atoms with van der Waals surface area (Å²) in [6, 6.07) is -12.1. The molecule has 1 rings (SSSR count). The van der Waals surface area contributed by atoms with Crippen LogP contribution in [0.5, 0.6) is 0 Å². The van der Waals surface area contributed by atoms with E-state index >= 15 is 0 Å². The fourth-order valence-corrected chi connectivity index (χ4v) is 7.25. The van der Waals surface area contributed by atoms with Gasteiger partial charge in [0.25, 0.3) is 0 Å². The van der Waals surface area contributed by atoms with Gasteiger partial charge in [0.05, 0.1) is 25.5 Å². The number of nitrogens with one attached hydrogen (secondary N) is 7. The summed E-state index contributed by atoms with van der Waals surface area (Å²) in [4.78, 5) is 144. The molecule has 1 aliphatic rings. The van der Waals surface area contributed by atoms with Crippen molar-refractivity contribution >= 4 is 65.0 Å². The van der Waals surface area contributed by atoms with Crippen molar-refractivity contribution in [2.45, 2.75) is 168 Å². The zero-order chi connectivity index (χ0) is 51.5. The van der Waals surface area contributed by atoms with Crippen molar-refractivity contribution in [2.24, 2.45) is 40.9 Å². The Balaban J connectivity index is 3.22. The van der Waals surface area contributed by atoms with Crippen molar-refractivity contribution in [2.75, 3.05) is 13.2 Å². The van der Waals surface area contributed by atoms with Gasteiger partial charge in [-0.2, -0.15) is 0 Å². The molecular formula is C43H75N11O13. The van der Waals surface area contributed by atoms with Gasteiger partial charge in [0.15, 0.2) is 0 Å². The zero-order valence-electron chi connectivity index (χ0n) is 40.1. The van der Waals surface area contributed by atoms with E-state index in [1.165, 1.54) is 11.8 Å². The first-order chi connectivity index (χ1) is 31.1. The maximum absolute atomic E-state index is 13.9. The fraction of sp³-hybridized carbons (Fsp3) is 0.744. The predicted octanol–water partition coefficient (Wildman–Crippen LogP) is -3.27. The Morgan fingerprint density at radius 3 is 1.49 bits per heavy atom. The lowest BCUT2D eigenvalue weighted by Crippen LogP contribution is -2.61. The first kappa shape index (κ1) is 59.1. The molecule has 0 unspecified atom stereocenters. The molecule has 1 saturated heterocycles. The molecule has 0 aromatic rings. The standard InChI is InChI=1S/C43H75N11O13/c1-10-23(8)34(53-35(58)25(44)17-32(45)56)41(64)50-27(15-21(4)5)37(60)48-26(14-20(2)3)38(61)52-30(19-55)39(62)49-28(18-33(46)57)36(59)47-24(9)42(65)54-13-11-12-31(54)40(63)51-29(43(66)67)16-22(6)7/h20-31,34,55H,10-19,44H2,1-9H3,(H2,45,56)(H2,46,57)(H,47,59)(H,48,60)(H,49,62)(H,50,64)(H,51,63)(H,52,61)(H,53,58)(H,66,67)/t23-,24-,25-,26-,27-,28-,29-,30-,31-,34-/m0/s1. The number of nitrogens with two attached hydrogens (primary N) is 3. The number of primary amides is 2. The van der Waals surface area contributed by atoms with E-state index in [1.807, 2.05) is 0 Å². The number of carbonyl (C=O) groups excluding carboxylic acids is 10. The van der Waals surface area contributed by atoms with Crippen LogP contribution in [0.3, 0.4) is 0 Å². The first-order valence-corrected chi connectivity index (χ1v) is 22.7. The van der Waals surface area contributed by atoms with Crippen LogP contribution >= 0.6 is 0 Å². The number of aliphatic carboxylic acids is 1. The lowest BCUT2D eigenvalue weighted by atomic mass is 9.96. The third kappa shape index (κ3) is 20.2. The minimum atomic E-state index is -1.75. The maximum atomic E-state index is 13.9. The van der Waals surface area contributed by atoms with Crippen LogP contribution < -0.4 is 54.4 Å². The van der Waals surface area contributed by atoms with Crippen LogP contribution in [-0.4, -0.2) is 148 Å². The van der Waals surface area contributed by atoms with Crippen LogP contribution in [0.25, 0.3) is 0 Å². The van der Waals surface area contributed by atoms with Crippen LogP contribution in [0.4, 0.5) is 0 Å². The summed E-state index contributed by atoms with van der Waals surface area (Å²) < 4.78 is 0. The molecule has 1 fully saturated rings. The molecule has 0 spiro atoms. The minimum Gasteiger partial charge on any atom is -0.480 e. The van der Waals surface area contributed by atoms with Gasteiger partial charge in [-0.05, 0) is 62.7 Å². The third-order valence-electron chi connectivity index (χ3n) is 11.0. The van der Waals surface area contributed by atoms with Gasteiger partial charge < -0.3 is 69.5 Å². The maximum Gasteiger partial charge on any atom is 0.326 e. The van der Waals surface area contributed by atoms with Crippen LogP contribution in [-0.2, 0) is 52.7 Å². The summed E-state index contributed by atoms with van der Waals surface area (Å²) in [5, 5.41) is 37.1. The largest absolute Gasteiger partial charge is 0.480 e.